The molecular weight excluding hydrogens is 875 g/mol. The summed E-state index contributed by atoms with van der Waals surface area (Å²) in [5.41, 5.74) is 11.8. The van der Waals surface area contributed by atoms with E-state index in [0.29, 0.717) is 17.5 Å². The lowest BCUT2D eigenvalue weighted by atomic mass is 9.99. The van der Waals surface area contributed by atoms with Crippen LogP contribution in [-0.4, -0.2) is 24.1 Å². The lowest BCUT2D eigenvalue weighted by molar-refractivity contribution is 1.08. The van der Waals surface area contributed by atoms with E-state index in [2.05, 4.69) is 252 Å². The van der Waals surface area contributed by atoms with Crippen LogP contribution in [0.2, 0.25) is 0 Å². The third-order valence-corrected chi connectivity index (χ3v) is 14.7. The van der Waals surface area contributed by atoms with Crippen LogP contribution in [0, 0.1) is 0 Å². The van der Waals surface area contributed by atoms with Crippen molar-refractivity contribution in [1.82, 2.24) is 24.1 Å². The van der Waals surface area contributed by atoms with Gasteiger partial charge in [-0.3, -0.25) is 0 Å². The predicted octanol–water partition coefficient (Wildman–Crippen LogP) is 17.3. The molecule has 0 saturated carbocycles. The molecule has 15 rings (SSSR count). The first-order chi connectivity index (χ1) is 35.7. The van der Waals surface area contributed by atoms with E-state index in [-0.39, 0.29) is 0 Å². The van der Waals surface area contributed by atoms with E-state index >= 15 is 0 Å². The van der Waals surface area contributed by atoms with Gasteiger partial charge in [-0.15, -0.1) is 0 Å². The first kappa shape index (κ1) is 40.2. The van der Waals surface area contributed by atoms with Crippen LogP contribution in [0.25, 0.3) is 143 Å². The van der Waals surface area contributed by atoms with Crippen LogP contribution in [0.15, 0.2) is 249 Å². The zero-order chi connectivity index (χ0) is 47.3. The van der Waals surface area contributed by atoms with Gasteiger partial charge in [0.2, 0.25) is 0 Å². The summed E-state index contributed by atoms with van der Waals surface area (Å²) in [7, 11) is 0. The fourth-order valence-corrected chi connectivity index (χ4v) is 11.3. The van der Waals surface area contributed by atoms with Gasteiger partial charge >= 0.3 is 0 Å². The Hall–Kier alpha value is -9.71. The molecule has 5 heteroatoms. The van der Waals surface area contributed by atoms with Gasteiger partial charge in [0.05, 0.1) is 22.1 Å². The smallest absolute Gasteiger partial charge is 0.164 e. The lowest BCUT2D eigenvalue weighted by Crippen LogP contribution is -2.02. The number of hydrogen-bond acceptors (Lipinski definition) is 3. The highest BCUT2D eigenvalue weighted by Crippen LogP contribution is 2.42. The molecule has 0 atom stereocenters. The number of rotatable bonds is 6. The van der Waals surface area contributed by atoms with Crippen molar-refractivity contribution in [3.05, 3.63) is 249 Å². The predicted molar refractivity (Wildman–Crippen MR) is 300 cm³/mol. The zero-order valence-electron chi connectivity index (χ0n) is 38.9. The SMILES string of the molecule is c1ccc(-c2ccccc2-c2nc(-c3ccc4ccccc4c3)nc(-c3cccc4ccc(-n5c6cc(-n7c8ccccc8c8c9ccccc9ccc87)ccc6c6cc7ccccc7cc65)cc34)n2)cc1. The van der Waals surface area contributed by atoms with Gasteiger partial charge in [-0.1, -0.05) is 194 Å². The van der Waals surface area contributed by atoms with Gasteiger partial charge in [0.25, 0.3) is 0 Å². The molecule has 3 heterocycles. The Morgan fingerprint density at radius 3 is 1.64 bits per heavy atom. The molecule has 12 aromatic carbocycles. The topological polar surface area (TPSA) is 48.5 Å². The quantitative estimate of drug-likeness (QED) is 0.167. The molecule has 0 spiro atoms. The molecular formula is C67H41N5. The van der Waals surface area contributed by atoms with Crippen LogP contribution < -0.4 is 0 Å². The van der Waals surface area contributed by atoms with Gasteiger partial charge in [0, 0.05) is 49.6 Å². The summed E-state index contributed by atoms with van der Waals surface area (Å²) in [6.45, 7) is 0. The number of hydrogen-bond donors (Lipinski definition) is 0. The van der Waals surface area contributed by atoms with E-state index in [0.717, 1.165) is 66.4 Å². The Morgan fingerprint density at radius 2 is 0.792 bits per heavy atom. The Bertz CT molecular complexity index is 4700. The number of benzene rings is 12. The average molecular weight is 916 g/mol. The van der Waals surface area contributed by atoms with E-state index in [1.54, 1.807) is 0 Å². The molecule has 0 radical (unpaired) electrons. The number of fused-ring (bicyclic) bond motifs is 11. The van der Waals surface area contributed by atoms with Gasteiger partial charge in [-0.25, -0.2) is 15.0 Å². The van der Waals surface area contributed by atoms with E-state index in [9.17, 15) is 0 Å². The minimum absolute atomic E-state index is 0.614. The molecule has 5 nitrogen and oxygen atoms in total. The first-order valence-electron chi connectivity index (χ1n) is 24.5. The summed E-state index contributed by atoms with van der Waals surface area (Å²) in [5.74, 6) is 1.86. The van der Waals surface area contributed by atoms with Crippen LogP contribution in [0.5, 0.6) is 0 Å². The van der Waals surface area contributed by atoms with E-state index in [4.69, 9.17) is 15.0 Å². The summed E-state index contributed by atoms with van der Waals surface area (Å²) in [6.07, 6.45) is 0. The first-order valence-corrected chi connectivity index (χ1v) is 24.5. The van der Waals surface area contributed by atoms with Gasteiger partial charge < -0.3 is 9.13 Å². The highest BCUT2D eigenvalue weighted by atomic mass is 15.0. The molecule has 0 unspecified atom stereocenters. The Labute approximate surface area is 414 Å². The monoisotopic (exact) mass is 915 g/mol. The third kappa shape index (κ3) is 6.31. The Morgan fingerprint density at radius 1 is 0.236 bits per heavy atom. The summed E-state index contributed by atoms with van der Waals surface area (Å²) in [6, 6.07) is 89.5. The maximum Gasteiger partial charge on any atom is 0.164 e. The van der Waals surface area contributed by atoms with E-state index < -0.39 is 0 Å². The summed E-state index contributed by atoms with van der Waals surface area (Å²) in [4.78, 5) is 16.0. The highest BCUT2D eigenvalue weighted by Gasteiger charge is 2.21. The van der Waals surface area contributed by atoms with Crippen molar-refractivity contribution in [2.45, 2.75) is 0 Å². The molecule has 0 aliphatic rings. The van der Waals surface area contributed by atoms with Crippen LogP contribution in [0.3, 0.4) is 0 Å². The van der Waals surface area contributed by atoms with Crippen LogP contribution in [0.1, 0.15) is 0 Å². The Kier molecular flexibility index (Phi) is 8.89. The fourth-order valence-electron chi connectivity index (χ4n) is 11.3. The lowest BCUT2D eigenvalue weighted by Gasteiger charge is -2.15. The summed E-state index contributed by atoms with van der Waals surface area (Å²) >= 11 is 0. The van der Waals surface area contributed by atoms with Crippen LogP contribution in [-0.2, 0) is 0 Å². The molecule has 0 fully saturated rings. The van der Waals surface area contributed by atoms with Crippen molar-refractivity contribution in [3.8, 4) is 56.7 Å². The van der Waals surface area contributed by atoms with Crippen molar-refractivity contribution in [3.63, 3.8) is 0 Å². The summed E-state index contributed by atoms with van der Waals surface area (Å²) < 4.78 is 4.89. The number of aromatic nitrogens is 5. The normalized spacial score (nSPS) is 11.9. The standard InChI is InChI=1S/C67H41N5/c1-2-16-43(17-3-1)52-23-10-11-25-55(52)66-68-65(49-30-29-42-15-4-5-19-46(42)37-49)69-67(70-66)56-27-14-22-45-31-33-50(40-58(45)56)72-62-39-48-21-7-6-20-47(48)38-59(62)54-35-34-51(41-63(54)72)71-60-28-13-12-26-57(60)64-53-24-9-8-18-44(53)32-36-61(64)71/h1-41H. The molecule has 0 aliphatic carbocycles. The van der Waals surface area contributed by atoms with Crippen molar-refractivity contribution >= 4 is 86.7 Å². The molecule has 0 bridgehead atoms. The molecule has 15 aromatic rings. The van der Waals surface area contributed by atoms with Gasteiger partial charge in [-0.2, -0.15) is 0 Å². The molecule has 0 saturated heterocycles. The van der Waals surface area contributed by atoms with Crippen LogP contribution in [0.4, 0.5) is 0 Å². The second kappa shape index (κ2) is 15.9. The molecule has 0 aliphatic heterocycles. The maximum atomic E-state index is 5.40. The van der Waals surface area contributed by atoms with Crippen LogP contribution >= 0.6 is 0 Å². The largest absolute Gasteiger partial charge is 0.309 e. The van der Waals surface area contributed by atoms with E-state index in [1.807, 2.05) is 6.07 Å². The zero-order valence-corrected chi connectivity index (χ0v) is 38.9. The molecule has 334 valence electrons. The van der Waals surface area contributed by atoms with Gasteiger partial charge in [0.1, 0.15) is 0 Å². The van der Waals surface area contributed by atoms with Crippen molar-refractivity contribution in [1.29, 1.82) is 0 Å². The third-order valence-electron chi connectivity index (χ3n) is 14.7. The number of para-hydroxylation sites is 1. The minimum atomic E-state index is 0.614. The number of nitrogens with zero attached hydrogens (tertiary/aromatic N) is 5. The second-order valence-electron chi connectivity index (χ2n) is 18.8. The summed E-state index contributed by atoms with van der Waals surface area (Å²) in [5, 5.41) is 14.3. The highest BCUT2D eigenvalue weighted by molar-refractivity contribution is 6.22. The Balaban J connectivity index is 0.974. The minimum Gasteiger partial charge on any atom is -0.309 e. The van der Waals surface area contributed by atoms with Gasteiger partial charge in [-0.05, 0) is 109 Å². The van der Waals surface area contributed by atoms with Crippen molar-refractivity contribution < 1.29 is 0 Å². The maximum absolute atomic E-state index is 5.40. The molecule has 0 amide bonds. The molecule has 3 aromatic heterocycles. The van der Waals surface area contributed by atoms with E-state index in [1.165, 1.54) is 59.5 Å². The molecule has 0 N–H and O–H groups in total. The second-order valence-corrected chi connectivity index (χ2v) is 18.8. The van der Waals surface area contributed by atoms with Crippen molar-refractivity contribution in [2.75, 3.05) is 0 Å². The molecule has 72 heavy (non-hydrogen) atoms. The van der Waals surface area contributed by atoms with Crippen molar-refractivity contribution in [2.24, 2.45) is 0 Å². The fraction of sp³-hybridized carbons (Fsp3) is 0. The average Bonchev–Trinajstić information content (AvgIpc) is 3.96. The van der Waals surface area contributed by atoms with Gasteiger partial charge in [0.15, 0.2) is 17.5 Å².